The zero-order valence-electron chi connectivity index (χ0n) is 11.3. The van der Waals surface area contributed by atoms with Crippen molar-refractivity contribution in [1.29, 1.82) is 0 Å². The van der Waals surface area contributed by atoms with E-state index in [2.05, 4.69) is 15.3 Å². The SMILES string of the molecule is Cc1cnc(C(=O)Nc2cc(S(C)(=O)=O)ccc2Cl)cn1. The quantitative estimate of drug-likeness (QED) is 0.933. The molecule has 1 N–H and O–H groups in total. The first kappa shape index (κ1) is 15.4. The Labute approximate surface area is 127 Å². The third-order valence-electron chi connectivity index (χ3n) is 2.63. The van der Waals surface area contributed by atoms with Crippen LogP contribution in [0.3, 0.4) is 0 Å². The molecule has 1 amide bonds. The van der Waals surface area contributed by atoms with Crippen LogP contribution in [0.25, 0.3) is 0 Å². The van der Waals surface area contributed by atoms with E-state index in [1.807, 2.05) is 0 Å². The van der Waals surface area contributed by atoms with E-state index in [0.29, 0.717) is 5.69 Å². The minimum absolute atomic E-state index is 0.0668. The van der Waals surface area contributed by atoms with Crippen molar-refractivity contribution in [2.75, 3.05) is 11.6 Å². The van der Waals surface area contributed by atoms with Crippen molar-refractivity contribution in [2.45, 2.75) is 11.8 Å². The lowest BCUT2D eigenvalue weighted by atomic mass is 10.3. The molecule has 1 aromatic heterocycles. The minimum atomic E-state index is -3.39. The highest BCUT2D eigenvalue weighted by Crippen LogP contribution is 2.25. The average molecular weight is 326 g/mol. The van der Waals surface area contributed by atoms with Crippen LogP contribution in [0.4, 0.5) is 5.69 Å². The van der Waals surface area contributed by atoms with Crippen molar-refractivity contribution in [3.63, 3.8) is 0 Å². The summed E-state index contributed by atoms with van der Waals surface area (Å²) in [6.07, 6.45) is 3.87. The summed E-state index contributed by atoms with van der Waals surface area (Å²) in [5.41, 5.74) is 0.997. The largest absolute Gasteiger partial charge is 0.319 e. The average Bonchev–Trinajstić information content (AvgIpc) is 2.40. The smallest absolute Gasteiger partial charge is 0.275 e. The van der Waals surface area contributed by atoms with E-state index in [4.69, 9.17) is 11.6 Å². The first-order chi connectivity index (χ1) is 9.77. The van der Waals surface area contributed by atoms with Crippen LogP contribution < -0.4 is 5.32 Å². The standard InChI is InChI=1S/C13H12ClN3O3S/c1-8-6-16-12(7-15-8)13(18)17-11-5-9(21(2,19)20)3-4-10(11)14/h3-7H,1-2H3,(H,17,18). The summed E-state index contributed by atoms with van der Waals surface area (Å²) < 4.78 is 23.0. The second-order valence-corrected chi connectivity index (χ2v) is 6.83. The summed E-state index contributed by atoms with van der Waals surface area (Å²) in [5.74, 6) is -0.518. The molecule has 0 radical (unpaired) electrons. The number of carbonyl (C=O) groups excluding carboxylic acids is 1. The lowest BCUT2D eigenvalue weighted by Crippen LogP contribution is -2.15. The van der Waals surface area contributed by atoms with E-state index in [-0.39, 0.29) is 21.3 Å². The van der Waals surface area contributed by atoms with Gasteiger partial charge in [0.05, 0.1) is 27.5 Å². The van der Waals surface area contributed by atoms with Crippen molar-refractivity contribution in [3.8, 4) is 0 Å². The number of benzene rings is 1. The number of nitrogens with one attached hydrogen (secondary N) is 1. The normalized spacial score (nSPS) is 11.2. The highest BCUT2D eigenvalue weighted by molar-refractivity contribution is 7.90. The van der Waals surface area contributed by atoms with E-state index >= 15 is 0 Å². The Morgan fingerprint density at radius 2 is 1.95 bits per heavy atom. The van der Waals surface area contributed by atoms with Gasteiger partial charge >= 0.3 is 0 Å². The van der Waals surface area contributed by atoms with E-state index in [1.165, 1.54) is 30.6 Å². The Morgan fingerprint density at radius 3 is 2.52 bits per heavy atom. The molecule has 110 valence electrons. The summed E-state index contributed by atoms with van der Waals surface area (Å²) >= 11 is 5.96. The highest BCUT2D eigenvalue weighted by atomic mass is 35.5. The molecule has 1 aromatic carbocycles. The fraction of sp³-hybridized carbons (Fsp3) is 0.154. The number of sulfone groups is 1. The first-order valence-corrected chi connectivity index (χ1v) is 8.14. The van der Waals surface area contributed by atoms with E-state index in [1.54, 1.807) is 6.92 Å². The Morgan fingerprint density at radius 1 is 1.24 bits per heavy atom. The van der Waals surface area contributed by atoms with Gasteiger partial charge in [-0.15, -0.1) is 0 Å². The molecule has 0 aliphatic heterocycles. The van der Waals surface area contributed by atoms with Crippen LogP contribution >= 0.6 is 11.6 Å². The Kier molecular flexibility index (Phi) is 4.24. The first-order valence-electron chi connectivity index (χ1n) is 5.87. The number of anilines is 1. The summed E-state index contributed by atoms with van der Waals surface area (Å²) in [5, 5.41) is 2.75. The summed E-state index contributed by atoms with van der Waals surface area (Å²) in [6, 6.07) is 4.09. The molecule has 0 unspecified atom stereocenters. The van der Waals surface area contributed by atoms with Gasteiger partial charge in [-0.05, 0) is 25.1 Å². The molecule has 0 saturated carbocycles. The number of rotatable bonds is 3. The maximum absolute atomic E-state index is 12.0. The van der Waals surface area contributed by atoms with Gasteiger partial charge in [0.15, 0.2) is 9.84 Å². The van der Waals surface area contributed by atoms with Gasteiger partial charge in [-0.25, -0.2) is 13.4 Å². The van der Waals surface area contributed by atoms with Crippen molar-refractivity contribution < 1.29 is 13.2 Å². The molecular formula is C13H12ClN3O3S. The monoisotopic (exact) mass is 325 g/mol. The number of nitrogens with zero attached hydrogens (tertiary/aromatic N) is 2. The predicted octanol–water partition coefficient (Wildman–Crippen LogP) is 2.09. The van der Waals surface area contributed by atoms with Crippen LogP contribution in [0.1, 0.15) is 16.2 Å². The molecule has 0 spiro atoms. The molecule has 0 saturated heterocycles. The molecule has 2 rings (SSSR count). The van der Waals surface area contributed by atoms with E-state index < -0.39 is 15.7 Å². The molecule has 0 fully saturated rings. The molecule has 0 aliphatic carbocycles. The second-order valence-electron chi connectivity index (χ2n) is 4.41. The molecule has 21 heavy (non-hydrogen) atoms. The zero-order valence-corrected chi connectivity index (χ0v) is 12.9. The Balaban J connectivity index is 2.31. The van der Waals surface area contributed by atoms with Gasteiger partial charge in [-0.1, -0.05) is 11.6 Å². The lowest BCUT2D eigenvalue weighted by molar-refractivity contribution is 0.102. The number of hydrogen-bond acceptors (Lipinski definition) is 5. The molecule has 8 heteroatoms. The van der Waals surface area contributed by atoms with Crippen LogP contribution in [0.2, 0.25) is 5.02 Å². The van der Waals surface area contributed by atoms with Crippen molar-refractivity contribution >= 4 is 33.0 Å². The van der Waals surface area contributed by atoms with Crippen LogP contribution in [-0.2, 0) is 9.84 Å². The van der Waals surface area contributed by atoms with E-state index in [9.17, 15) is 13.2 Å². The maximum Gasteiger partial charge on any atom is 0.275 e. The van der Waals surface area contributed by atoms with Crippen LogP contribution in [-0.4, -0.2) is 30.5 Å². The third kappa shape index (κ3) is 3.77. The second kappa shape index (κ2) is 5.79. The minimum Gasteiger partial charge on any atom is -0.319 e. The van der Waals surface area contributed by atoms with Gasteiger partial charge in [0, 0.05) is 12.5 Å². The number of carbonyl (C=O) groups is 1. The van der Waals surface area contributed by atoms with Crippen molar-refractivity contribution in [2.24, 2.45) is 0 Å². The molecular weight excluding hydrogens is 314 g/mol. The van der Waals surface area contributed by atoms with Gasteiger partial charge in [-0.2, -0.15) is 0 Å². The zero-order chi connectivity index (χ0) is 15.6. The Bertz CT molecular complexity index is 789. The number of aromatic nitrogens is 2. The van der Waals surface area contributed by atoms with Crippen molar-refractivity contribution in [3.05, 3.63) is 47.0 Å². The van der Waals surface area contributed by atoms with Gasteiger partial charge in [0.25, 0.3) is 5.91 Å². The predicted molar refractivity (Wildman–Crippen MR) is 79.3 cm³/mol. The Hall–Kier alpha value is -1.99. The topological polar surface area (TPSA) is 89.0 Å². The van der Waals surface area contributed by atoms with Gasteiger partial charge in [-0.3, -0.25) is 9.78 Å². The van der Waals surface area contributed by atoms with Gasteiger partial charge in [0.2, 0.25) is 0 Å². The van der Waals surface area contributed by atoms with Gasteiger partial charge in [0.1, 0.15) is 5.69 Å². The van der Waals surface area contributed by atoms with Crippen molar-refractivity contribution in [1.82, 2.24) is 9.97 Å². The molecule has 0 atom stereocenters. The lowest BCUT2D eigenvalue weighted by Gasteiger charge is -2.08. The van der Waals surface area contributed by atoms with Crippen LogP contribution in [0, 0.1) is 6.92 Å². The highest BCUT2D eigenvalue weighted by Gasteiger charge is 2.14. The number of hydrogen-bond donors (Lipinski definition) is 1. The summed E-state index contributed by atoms with van der Waals surface area (Å²) in [7, 11) is -3.39. The fourth-order valence-corrected chi connectivity index (χ4v) is 2.34. The summed E-state index contributed by atoms with van der Waals surface area (Å²) in [4.78, 5) is 20.0. The molecule has 0 bridgehead atoms. The molecule has 2 aromatic rings. The molecule has 1 heterocycles. The molecule has 6 nitrogen and oxygen atoms in total. The molecule has 0 aliphatic rings. The maximum atomic E-state index is 12.0. The fourth-order valence-electron chi connectivity index (χ4n) is 1.53. The van der Waals surface area contributed by atoms with E-state index in [0.717, 1.165) is 6.26 Å². The third-order valence-corrected chi connectivity index (χ3v) is 4.07. The number of aryl methyl sites for hydroxylation is 1. The van der Waals surface area contributed by atoms with Gasteiger partial charge < -0.3 is 5.32 Å². The van der Waals surface area contributed by atoms with Crippen LogP contribution in [0.15, 0.2) is 35.5 Å². The van der Waals surface area contributed by atoms with Crippen LogP contribution in [0.5, 0.6) is 0 Å². The number of halogens is 1. The number of amides is 1. The summed E-state index contributed by atoms with van der Waals surface area (Å²) in [6.45, 7) is 1.75.